The molecule has 0 unspecified atom stereocenters. The molecule has 1 fully saturated rings. The molecule has 0 amide bonds. The molecule has 2 nitrogen and oxygen atoms in total. The van der Waals surface area contributed by atoms with Crippen LogP contribution in [0.4, 0.5) is 0 Å². The second-order valence-corrected chi connectivity index (χ2v) is 5.20. The Kier molecular flexibility index (Phi) is 3.45. The van der Waals surface area contributed by atoms with E-state index in [0.717, 1.165) is 37.2 Å². The topological polar surface area (TPSA) is 23.5 Å². The molecule has 1 aliphatic heterocycles. The first-order valence-electron chi connectivity index (χ1n) is 5.90. The molecular formula is C14H18ClNO. The average Bonchev–Trinajstić information content (AvgIpc) is 2.30. The van der Waals surface area contributed by atoms with Crippen molar-refractivity contribution in [1.29, 1.82) is 0 Å². The van der Waals surface area contributed by atoms with Crippen LogP contribution in [0.5, 0.6) is 0 Å². The van der Waals surface area contributed by atoms with Crippen molar-refractivity contribution in [2.24, 2.45) is 0 Å². The van der Waals surface area contributed by atoms with Gasteiger partial charge in [0.15, 0.2) is 0 Å². The summed E-state index contributed by atoms with van der Waals surface area (Å²) in [7, 11) is 0. The lowest BCUT2D eigenvalue weighted by atomic mass is 9.84. The Morgan fingerprint density at radius 1 is 1.29 bits per heavy atom. The minimum absolute atomic E-state index is 0.705. The first kappa shape index (κ1) is 12.5. The van der Waals surface area contributed by atoms with Gasteiger partial charge in [-0.3, -0.25) is 0 Å². The lowest BCUT2D eigenvalue weighted by molar-refractivity contribution is -0.0184. The highest BCUT2D eigenvalue weighted by Gasteiger charge is 2.33. The van der Waals surface area contributed by atoms with E-state index >= 15 is 0 Å². The van der Waals surface area contributed by atoms with Crippen molar-refractivity contribution >= 4 is 11.6 Å². The predicted octanol–water partition coefficient (Wildman–Crippen LogP) is 3.16. The molecule has 17 heavy (non-hydrogen) atoms. The summed E-state index contributed by atoms with van der Waals surface area (Å²) in [6.45, 7) is 7.66. The number of allylic oxidation sites excluding steroid dienone is 1. The summed E-state index contributed by atoms with van der Waals surface area (Å²) in [5.41, 5.74) is 1.32. The molecule has 0 spiro atoms. The van der Waals surface area contributed by atoms with Crippen molar-refractivity contribution in [2.75, 3.05) is 13.1 Å². The molecule has 0 saturated carbocycles. The molecule has 1 heterocycles. The maximum Gasteiger partial charge on any atom is 0.0930 e. The highest BCUT2D eigenvalue weighted by Crippen LogP contribution is 2.34. The van der Waals surface area contributed by atoms with E-state index in [2.05, 4.69) is 11.5 Å². The quantitative estimate of drug-likeness (QED) is 0.873. The third kappa shape index (κ3) is 2.64. The summed E-state index contributed by atoms with van der Waals surface area (Å²) in [5, 5.41) is 11.3. The fraction of sp³-hybridized carbons (Fsp3) is 0.429. The molecule has 0 aromatic heterocycles. The fourth-order valence-corrected chi connectivity index (χ4v) is 2.43. The summed E-state index contributed by atoms with van der Waals surface area (Å²) >= 11 is 5.86. The van der Waals surface area contributed by atoms with Crippen molar-refractivity contribution in [1.82, 2.24) is 4.90 Å². The maximum atomic E-state index is 10.6. The third-order valence-electron chi connectivity index (χ3n) is 3.51. The van der Waals surface area contributed by atoms with Gasteiger partial charge >= 0.3 is 0 Å². The largest absolute Gasteiger partial charge is 0.385 e. The lowest BCUT2D eigenvalue weighted by Gasteiger charge is -2.39. The Morgan fingerprint density at radius 2 is 1.82 bits per heavy atom. The molecule has 1 saturated heterocycles. The predicted molar refractivity (Wildman–Crippen MR) is 71.0 cm³/mol. The van der Waals surface area contributed by atoms with E-state index in [4.69, 9.17) is 11.6 Å². The van der Waals surface area contributed by atoms with Crippen LogP contribution in [0, 0.1) is 0 Å². The number of likely N-dealkylation sites (tertiary alicyclic amines) is 1. The van der Waals surface area contributed by atoms with Crippen LogP contribution in [-0.2, 0) is 5.60 Å². The lowest BCUT2D eigenvalue weighted by Crippen LogP contribution is -2.41. The van der Waals surface area contributed by atoms with Crippen LogP contribution in [-0.4, -0.2) is 23.1 Å². The maximum absolute atomic E-state index is 10.6. The van der Waals surface area contributed by atoms with Crippen LogP contribution in [0.2, 0.25) is 5.02 Å². The van der Waals surface area contributed by atoms with Crippen molar-refractivity contribution in [3.63, 3.8) is 0 Å². The number of halogens is 1. The standard InChI is InChI=1S/C14H18ClNO/c1-11(2)16-9-7-14(17,8-10-16)12-3-5-13(15)6-4-12/h3-6,17H,1,7-10H2,2H3. The zero-order valence-electron chi connectivity index (χ0n) is 10.1. The summed E-state index contributed by atoms with van der Waals surface area (Å²) in [4.78, 5) is 2.21. The zero-order valence-corrected chi connectivity index (χ0v) is 10.9. The number of benzene rings is 1. The number of nitrogens with zero attached hydrogens (tertiary/aromatic N) is 1. The van der Waals surface area contributed by atoms with Crippen molar-refractivity contribution in [3.8, 4) is 0 Å². The minimum Gasteiger partial charge on any atom is -0.385 e. The Hall–Kier alpha value is -0.990. The van der Waals surface area contributed by atoms with E-state index in [1.165, 1.54) is 0 Å². The Bertz CT molecular complexity index is 405. The molecule has 3 heteroatoms. The van der Waals surface area contributed by atoms with Crippen LogP contribution in [0.3, 0.4) is 0 Å². The minimum atomic E-state index is -0.712. The summed E-state index contributed by atoms with van der Waals surface area (Å²) < 4.78 is 0. The van der Waals surface area contributed by atoms with Crippen LogP contribution in [0.15, 0.2) is 36.5 Å². The molecule has 92 valence electrons. The van der Waals surface area contributed by atoms with Crippen LogP contribution in [0.25, 0.3) is 0 Å². The van der Waals surface area contributed by atoms with Gasteiger partial charge in [0.1, 0.15) is 0 Å². The number of rotatable bonds is 2. The van der Waals surface area contributed by atoms with Gasteiger partial charge in [0.2, 0.25) is 0 Å². The second-order valence-electron chi connectivity index (χ2n) is 4.76. The van der Waals surface area contributed by atoms with E-state index in [1.54, 1.807) is 0 Å². The molecule has 1 N–H and O–H groups in total. The average molecular weight is 252 g/mol. The number of hydrogen-bond acceptors (Lipinski definition) is 2. The van der Waals surface area contributed by atoms with Gasteiger partial charge < -0.3 is 10.0 Å². The summed E-state index contributed by atoms with van der Waals surface area (Å²) in [5.74, 6) is 0. The number of piperidine rings is 1. The second kappa shape index (κ2) is 4.71. The molecular weight excluding hydrogens is 234 g/mol. The smallest absolute Gasteiger partial charge is 0.0930 e. The molecule has 0 bridgehead atoms. The Morgan fingerprint density at radius 3 is 2.29 bits per heavy atom. The molecule has 0 radical (unpaired) electrons. The van der Waals surface area contributed by atoms with E-state index in [0.29, 0.717) is 5.02 Å². The fourth-order valence-electron chi connectivity index (χ4n) is 2.31. The molecule has 1 aliphatic rings. The first-order valence-corrected chi connectivity index (χ1v) is 6.28. The number of hydrogen-bond donors (Lipinski definition) is 1. The van der Waals surface area contributed by atoms with Crippen LogP contribution >= 0.6 is 11.6 Å². The van der Waals surface area contributed by atoms with Gasteiger partial charge in [-0.25, -0.2) is 0 Å². The van der Waals surface area contributed by atoms with E-state index in [1.807, 2.05) is 31.2 Å². The van der Waals surface area contributed by atoms with Crippen molar-refractivity contribution < 1.29 is 5.11 Å². The Labute approximate surface area is 108 Å². The molecule has 0 aliphatic carbocycles. The van der Waals surface area contributed by atoms with Gasteiger partial charge in [-0.15, -0.1) is 0 Å². The number of aliphatic hydroxyl groups is 1. The SMILES string of the molecule is C=C(C)N1CCC(O)(c2ccc(Cl)cc2)CC1. The monoisotopic (exact) mass is 251 g/mol. The van der Waals surface area contributed by atoms with Crippen LogP contribution < -0.4 is 0 Å². The summed E-state index contributed by atoms with van der Waals surface area (Å²) in [6, 6.07) is 7.50. The Balaban J connectivity index is 2.11. The van der Waals surface area contributed by atoms with Gasteiger partial charge in [0, 0.05) is 23.8 Å². The van der Waals surface area contributed by atoms with Crippen molar-refractivity contribution in [2.45, 2.75) is 25.4 Å². The van der Waals surface area contributed by atoms with E-state index < -0.39 is 5.60 Å². The van der Waals surface area contributed by atoms with Gasteiger partial charge in [-0.1, -0.05) is 30.3 Å². The molecule has 0 atom stereocenters. The van der Waals surface area contributed by atoms with Gasteiger partial charge in [-0.2, -0.15) is 0 Å². The molecule has 1 aromatic carbocycles. The molecule has 2 rings (SSSR count). The highest BCUT2D eigenvalue weighted by atomic mass is 35.5. The first-order chi connectivity index (χ1) is 8.01. The van der Waals surface area contributed by atoms with Crippen molar-refractivity contribution in [3.05, 3.63) is 47.1 Å². The summed E-state index contributed by atoms with van der Waals surface area (Å²) in [6.07, 6.45) is 1.48. The third-order valence-corrected chi connectivity index (χ3v) is 3.76. The van der Waals surface area contributed by atoms with Gasteiger partial charge in [0.25, 0.3) is 0 Å². The van der Waals surface area contributed by atoms with E-state index in [9.17, 15) is 5.11 Å². The highest BCUT2D eigenvalue weighted by molar-refractivity contribution is 6.30. The van der Waals surface area contributed by atoms with Crippen LogP contribution in [0.1, 0.15) is 25.3 Å². The van der Waals surface area contributed by atoms with Gasteiger partial charge in [-0.05, 0) is 37.5 Å². The van der Waals surface area contributed by atoms with Gasteiger partial charge in [0.05, 0.1) is 5.60 Å². The molecule has 1 aromatic rings. The zero-order chi connectivity index (χ0) is 12.5. The normalized spacial score (nSPS) is 19.1. The van der Waals surface area contributed by atoms with E-state index in [-0.39, 0.29) is 0 Å².